The summed E-state index contributed by atoms with van der Waals surface area (Å²) in [6, 6.07) is 7.68. The molecule has 1 unspecified atom stereocenters. The number of aliphatic hydroxyl groups excluding tert-OH is 1. The van der Waals surface area contributed by atoms with E-state index in [0.29, 0.717) is 6.42 Å². The Bertz CT molecular complexity index is 540. The number of pyridine rings is 2. The Morgan fingerprint density at radius 2 is 2.00 bits per heavy atom. The van der Waals surface area contributed by atoms with Gasteiger partial charge in [0, 0.05) is 39.7 Å². The molecule has 18 heavy (non-hydrogen) atoms. The van der Waals surface area contributed by atoms with Crippen molar-refractivity contribution in [2.75, 3.05) is 0 Å². The van der Waals surface area contributed by atoms with E-state index in [1.807, 2.05) is 38.1 Å². The summed E-state index contributed by atoms with van der Waals surface area (Å²) in [6.45, 7) is 3.86. The summed E-state index contributed by atoms with van der Waals surface area (Å²) in [4.78, 5) is 8.63. The normalized spacial score (nSPS) is 12.4. The van der Waals surface area contributed by atoms with Gasteiger partial charge in [-0.05, 0) is 48.0 Å². The van der Waals surface area contributed by atoms with E-state index >= 15 is 0 Å². The standard InChI is InChI=1S/C14H15BrN2O/c1-9-3-6-13(10(2)17-9)14(18)7-12-5-4-11(15)8-16-12/h3-6,8,14,18H,7H2,1-2H3. The first-order valence-electron chi connectivity index (χ1n) is 5.79. The minimum atomic E-state index is -0.563. The monoisotopic (exact) mass is 306 g/mol. The highest BCUT2D eigenvalue weighted by Crippen LogP contribution is 2.20. The second kappa shape index (κ2) is 5.59. The Kier molecular flexibility index (Phi) is 4.09. The van der Waals surface area contributed by atoms with Crippen LogP contribution in [0.25, 0.3) is 0 Å². The fourth-order valence-corrected chi connectivity index (χ4v) is 2.12. The summed E-state index contributed by atoms with van der Waals surface area (Å²) in [5.74, 6) is 0. The van der Waals surface area contributed by atoms with Crippen molar-refractivity contribution < 1.29 is 5.11 Å². The Labute approximate surface area is 115 Å². The number of rotatable bonds is 3. The van der Waals surface area contributed by atoms with Gasteiger partial charge < -0.3 is 5.11 Å². The number of aromatic nitrogens is 2. The zero-order valence-electron chi connectivity index (χ0n) is 10.4. The molecule has 0 aliphatic rings. The summed E-state index contributed by atoms with van der Waals surface area (Å²) in [6.07, 6.45) is 1.67. The molecule has 94 valence electrons. The average molecular weight is 307 g/mol. The lowest BCUT2D eigenvalue weighted by atomic mass is 10.0. The molecular formula is C14H15BrN2O. The number of hydrogen-bond acceptors (Lipinski definition) is 3. The Morgan fingerprint density at radius 3 is 2.61 bits per heavy atom. The third-order valence-corrected chi connectivity index (χ3v) is 3.29. The Balaban J connectivity index is 2.16. The lowest BCUT2D eigenvalue weighted by molar-refractivity contribution is 0.176. The number of aryl methyl sites for hydroxylation is 2. The summed E-state index contributed by atoms with van der Waals surface area (Å²) in [5, 5.41) is 10.2. The van der Waals surface area contributed by atoms with Crippen LogP contribution in [0.4, 0.5) is 0 Å². The predicted molar refractivity (Wildman–Crippen MR) is 74.3 cm³/mol. The Morgan fingerprint density at radius 1 is 1.22 bits per heavy atom. The fourth-order valence-electron chi connectivity index (χ4n) is 1.88. The van der Waals surface area contributed by atoms with Crippen molar-refractivity contribution in [3.05, 3.63) is 57.6 Å². The van der Waals surface area contributed by atoms with Crippen LogP contribution in [0.5, 0.6) is 0 Å². The predicted octanol–water partition coefficient (Wildman–Crippen LogP) is 3.13. The molecule has 0 bridgehead atoms. The topological polar surface area (TPSA) is 46.0 Å². The van der Waals surface area contributed by atoms with Crippen LogP contribution >= 0.6 is 15.9 Å². The molecule has 4 heteroatoms. The molecule has 0 saturated carbocycles. The minimum Gasteiger partial charge on any atom is -0.388 e. The molecule has 0 aromatic carbocycles. The van der Waals surface area contributed by atoms with Crippen molar-refractivity contribution in [1.29, 1.82) is 0 Å². The van der Waals surface area contributed by atoms with Gasteiger partial charge in [0.15, 0.2) is 0 Å². The van der Waals surface area contributed by atoms with Crippen LogP contribution in [-0.4, -0.2) is 15.1 Å². The van der Waals surface area contributed by atoms with Gasteiger partial charge in [0.05, 0.1) is 6.10 Å². The second-order valence-electron chi connectivity index (χ2n) is 4.31. The molecule has 2 rings (SSSR count). The highest BCUT2D eigenvalue weighted by Gasteiger charge is 2.12. The third kappa shape index (κ3) is 3.15. The van der Waals surface area contributed by atoms with Gasteiger partial charge in [-0.15, -0.1) is 0 Å². The summed E-state index contributed by atoms with van der Waals surface area (Å²) in [5.41, 5.74) is 3.57. The average Bonchev–Trinajstić information content (AvgIpc) is 2.32. The maximum atomic E-state index is 10.2. The first-order valence-corrected chi connectivity index (χ1v) is 6.58. The SMILES string of the molecule is Cc1ccc(C(O)Cc2ccc(Br)cn2)c(C)n1. The number of nitrogens with zero attached hydrogens (tertiary/aromatic N) is 2. The van der Waals surface area contributed by atoms with Crippen LogP contribution in [0.1, 0.15) is 28.7 Å². The number of halogens is 1. The molecule has 2 aromatic heterocycles. The molecule has 0 aliphatic heterocycles. The van der Waals surface area contributed by atoms with E-state index in [1.54, 1.807) is 6.20 Å². The van der Waals surface area contributed by atoms with E-state index in [4.69, 9.17) is 0 Å². The van der Waals surface area contributed by atoms with Gasteiger partial charge in [-0.25, -0.2) is 0 Å². The Hall–Kier alpha value is -1.26. The summed E-state index contributed by atoms with van der Waals surface area (Å²) < 4.78 is 0.939. The molecule has 0 saturated heterocycles. The summed E-state index contributed by atoms with van der Waals surface area (Å²) >= 11 is 3.34. The largest absolute Gasteiger partial charge is 0.388 e. The van der Waals surface area contributed by atoms with Gasteiger partial charge >= 0.3 is 0 Å². The van der Waals surface area contributed by atoms with Crippen LogP contribution in [0.3, 0.4) is 0 Å². The number of hydrogen-bond donors (Lipinski definition) is 1. The molecule has 0 radical (unpaired) electrons. The van der Waals surface area contributed by atoms with E-state index in [9.17, 15) is 5.11 Å². The quantitative estimate of drug-likeness (QED) is 0.947. The van der Waals surface area contributed by atoms with Gasteiger partial charge in [-0.2, -0.15) is 0 Å². The third-order valence-electron chi connectivity index (χ3n) is 2.82. The maximum absolute atomic E-state index is 10.2. The van der Waals surface area contributed by atoms with Crippen molar-refractivity contribution in [3.63, 3.8) is 0 Å². The van der Waals surface area contributed by atoms with Crippen LogP contribution in [0, 0.1) is 13.8 Å². The van der Waals surface area contributed by atoms with Crippen molar-refractivity contribution in [1.82, 2.24) is 9.97 Å². The van der Waals surface area contributed by atoms with E-state index < -0.39 is 6.10 Å². The van der Waals surface area contributed by atoms with Gasteiger partial charge in [0.1, 0.15) is 0 Å². The van der Waals surface area contributed by atoms with E-state index in [1.165, 1.54) is 0 Å². The van der Waals surface area contributed by atoms with Crippen molar-refractivity contribution >= 4 is 15.9 Å². The van der Waals surface area contributed by atoms with Crippen molar-refractivity contribution in [3.8, 4) is 0 Å². The van der Waals surface area contributed by atoms with E-state index in [2.05, 4.69) is 25.9 Å². The van der Waals surface area contributed by atoms with Gasteiger partial charge in [0.25, 0.3) is 0 Å². The van der Waals surface area contributed by atoms with Crippen molar-refractivity contribution in [2.24, 2.45) is 0 Å². The molecule has 1 N–H and O–H groups in total. The first-order chi connectivity index (χ1) is 8.56. The zero-order valence-corrected chi connectivity index (χ0v) is 12.0. The smallest absolute Gasteiger partial charge is 0.0862 e. The van der Waals surface area contributed by atoms with Crippen LogP contribution in [0.2, 0.25) is 0 Å². The molecule has 0 aliphatic carbocycles. The van der Waals surface area contributed by atoms with Crippen LogP contribution in [-0.2, 0) is 6.42 Å². The lowest BCUT2D eigenvalue weighted by Gasteiger charge is -2.13. The molecule has 2 heterocycles. The fraction of sp³-hybridized carbons (Fsp3) is 0.286. The maximum Gasteiger partial charge on any atom is 0.0862 e. The van der Waals surface area contributed by atoms with Crippen LogP contribution < -0.4 is 0 Å². The zero-order chi connectivity index (χ0) is 13.1. The second-order valence-corrected chi connectivity index (χ2v) is 5.23. The summed E-state index contributed by atoms with van der Waals surface area (Å²) in [7, 11) is 0. The number of aliphatic hydroxyl groups is 1. The molecular weight excluding hydrogens is 292 g/mol. The highest BCUT2D eigenvalue weighted by molar-refractivity contribution is 9.10. The first kappa shape index (κ1) is 13.2. The van der Waals surface area contributed by atoms with E-state index in [0.717, 1.165) is 27.1 Å². The molecule has 2 aromatic rings. The van der Waals surface area contributed by atoms with Gasteiger partial charge in [-0.3, -0.25) is 9.97 Å². The molecule has 3 nitrogen and oxygen atoms in total. The molecule has 0 spiro atoms. The van der Waals surface area contributed by atoms with Gasteiger partial charge in [0.2, 0.25) is 0 Å². The molecule has 0 fully saturated rings. The van der Waals surface area contributed by atoms with Crippen LogP contribution in [0.15, 0.2) is 34.9 Å². The van der Waals surface area contributed by atoms with E-state index in [-0.39, 0.29) is 0 Å². The van der Waals surface area contributed by atoms with Crippen molar-refractivity contribution in [2.45, 2.75) is 26.4 Å². The minimum absolute atomic E-state index is 0.499. The van der Waals surface area contributed by atoms with Gasteiger partial charge in [-0.1, -0.05) is 6.07 Å². The molecule has 1 atom stereocenters. The highest BCUT2D eigenvalue weighted by atomic mass is 79.9. The molecule has 0 amide bonds. The lowest BCUT2D eigenvalue weighted by Crippen LogP contribution is -2.06.